The second kappa shape index (κ2) is 5.02. The second-order valence-electron chi connectivity index (χ2n) is 4.94. The number of sulfone groups is 1. The molecule has 2 heterocycles. The van der Waals surface area contributed by atoms with Crippen molar-refractivity contribution in [2.45, 2.75) is 38.3 Å². The first kappa shape index (κ1) is 12.3. The van der Waals surface area contributed by atoms with E-state index in [1.807, 2.05) is 0 Å². The number of hydrogen-bond donors (Lipinski definition) is 1. The van der Waals surface area contributed by atoms with Gasteiger partial charge in [-0.2, -0.15) is 0 Å². The minimum absolute atomic E-state index is 0.280. The third-order valence-corrected chi connectivity index (χ3v) is 5.56. The Labute approximate surface area is 98.3 Å². The minimum atomic E-state index is -2.74. The van der Waals surface area contributed by atoms with Crippen molar-refractivity contribution in [1.29, 1.82) is 0 Å². The molecule has 1 N–H and O–H groups in total. The van der Waals surface area contributed by atoms with Crippen LogP contribution in [0.15, 0.2) is 0 Å². The van der Waals surface area contributed by atoms with Gasteiger partial charge in [0.1, 0.15) is 0 Å². The van der Waals surface area contributed by atoms with Crippen LogP contribution in [0.4, 0.5) is 0 Å². The van der Waals surface area contributed by atoms with Crippen molar-refractivity contribution in [3.8, 4) is 0 Å². The molecule has 2 aliphatic rings. The van der Waals surface area contributed by atoms with E-state index < -0.39 is 9.84 Å². The lowest BCUT2D eigenvalue weighted by atomic mass is 10.1. The molecule has 16 heavy (non-hydrogen) atoms. The van der Waals surface area contributed by atoms with E-state index in [9.17, 15) is 8.42 Å². The first-order chi connectivity index (χ1) is 7.61. The average molecular weight is 246 g/mol. The average Bonchev–Trinajstić information content (AvgIpc) is 2.50. The van der Waals surface area contributed by atoms with E-state index in [2.05, 4.69) is 17.1 Å². The Morgan fingerprint density at radius 2 is 2.12 bits per heavy atom. The van der Waals surface area contributed by atoms with E-state index in [0.29, 0.717) is 17.5 Å². The highest BCUT2D eigenvalue weighted by molar-refractivity contribution is 7.91. The first-order valence-electron chi connectivity index (χ1n) is 6.28. The fourth-order valence-electron chi connectivity index (χ4n) is 2.72. The van der Waals surface area contributed by atoms with Gasteiger partial charge < -0.3 is 5.32 Å². The molecular formula is C11H22N2O2S. The second-order valence-corrected chi connectivity index (χ2v) is 7.17. The molecule has 0 aromatic rings. The maximum atomic E-state index is 11.4. The van der Waals surface area contributed by atoms with Crippen LogP contribution in [0, 0.1) is 0 Å². The molecule has 2 aliphatic heterocycles. The minimum Gasteiger partial charge on any atom is -0.313 e. The monoisotopic (exact) mass is 246 g/mol. The molecule has 2 fully saturated rings. The highest BCUT2D eigenvalue weighted by Crippen LogP contribution is 2.19. The Balaban J connectivity index is 1.91. The van der Waals surface area contributed by atoms with Gasteiger partial charge in [-0.1, -0.05) is 6.92 Å². The van der Waals surface area contributed by atoms with Crippen molar-refractivity contribution in [2.75, 3.05) is 31.1 Å². The lowest BCUT2D eigenvalue weighted by Crippen LogP contribution is -2.38. The third-order valence-electron chi connectivity index (χ3n) is 3.81. The van der Waals surface area contributed by atoms with E-state index in [0.717, 1.165) is 38.9 Å². The van der Waals surface area contributed by atoms with E-state index in [4.69, 9.17) is 0 Å². The zero-order valence-electron chi connectivity index (χ0n) is 9.98. The van der Waals surface area contributed by atoms with Gasteiger partial charge in [0.15, 0.2) is 9.84 Å². The Hall–Kier alpha value is -0.130. The zero-order chi connectivity index (χ0) is 11.6. The van der Waals surface area contributed by atoms with Gasteiger partial charge in [-0.15, -0.1) is 0 Å². The number of hydrogen-bond acceptors (Lipinski definition) is 4. The van der Waals surface area contributed by atoms with Crippen LogP contribution >= 0.6 is 0 Å². The molecule has 2 rings (SSSR count). The molecule has 0 spiro atoms. The van der Waals surface area contributed by atoms with Crippen LogP contribution in [0.1, 0.15) is 26.2 Å². The predicted molar refractivity (Wildman–Crippen MR) is 65.3 cm³/mol. The summed E-state index contributed by atoms with van der Waals surface area (Å²) in [6.45, 7) is 5.24. The molecule has 0 saturated carbocycles. The number of rotatable bonds is 2. The molecule has 0 amide bonds. The standard InChI is InChI=1S/C11H22N2O2S/c1-2-10-3-6-13(7-5-12-10)11-4-8-16(14,15)9-11/h10-12H,2-9H2,1H3. The Morgan fingerprint density at radius 3 is 2.75 bits per heavy atom. The van der Waals surface area contributed by atoms with Gasteiger partial charge in [0.2, 0.25) is 0 Å². The largest absolute Gasteiger partial charge is 0.313 e. The van der Waals surface area contributed by atoms with Gasteiger partial charge in [-0.25, -0.2) is 8.42 Å². The fraction of sp³-hybridized carbons (Fsp3) is 1.00. The van der Waals surface area contributed by atoms with Gasteiger partial charge in [-0.05, 0) is 25.8 Å². The van der Waals surface area contributed by atoms with E-state index in [-0.39, 0.29) is 6.04 Å². The smallest absolute Gasteiger partial charge is 0.151 e. The molecule has 0 bridgehead atoms. The molecule has 5 heteroatoms. The molecule has 2 unspecified atom stereocenters. The third kappa shape index (κ3) is 2.96. The van der Waals surface area contributed by atoms with Crippen molar-refractivity contribution < 1.29 is 8.42 Å². The topological polar surface area (TPSA) is 49.4 Å². The summed E-state index contributed by atoms with van der Waals surface area (Å²) in [5.41, 5.74) is 0. The summed E-state index contributed by atoms with van der Waals surface area (Å²) in [6, 6.07) is 0.894. The molecule has 4 nitrogen and oxygen atoms in total. The molecule has 0 aromatic heterocycles. The number of nitrogens with one attached hydrogen (secondary N) is 1. The molecule has 0 aromatic carbocycles. The summed E-state index contributed by atoms with van der Waals surface area (Å²) in [5.74, 6) is 0.766. The van der Waals surface area contributed by atoms with Crippen molar-refractivity contribution in [3.05, 3.63) is 0 Å². The SMILES string of the molecule is CCC1CCN(C2CCS(=O)(=O)C2)CCN1. The summed E-state index contributed by atoms with van der Waals surface area (Å²) >= 11 is 0. The lowest BCUT2D eigenvalue weighted by molar-refractivity contribution is 0.225. The van der Waals surface area contributed by atoms with Gasteiger partial charge in [0, 0.05) is 25.2 Å². The van der Waals surface area contributed by atoms with E-state index >= 15 is 0 Å². The maximum Gasteiger partial charge on any atom is 0.151 e. The van der Waals surface area contributed by atoms with Gasteiger partial charge in [-0.3, -0.25) is 4.90 Å². The quantitative estimate of drug-likeness (QED) is 0.759. The summed E-state index contributed by atoms with van der Waals surface area (Å²) in [5, 5.41) is 3.51. The number of nitrogens with zero attached hydrogens (tertiary/aromatic N) is 1. The Kier molecular flexibility index (Phi) is 3.87. The van der Waals surface area contributed by atoms with Crippen LogP contribution in [-0.2, 0) is 9.84 Å². The molecule has 0 aliphatic carbocycles. The molecule has 0 radical (unpaired) electrons. The van der Waals surface area contributed by atoms with Crippen molar-refractivity contribution >= 4 is 9.84 Å². The van der Waals surface area contributed by atoms with Crippen LogP contribution in [-0.4, -0.2) is 56.5 Å². The van der Waals surface area contributed by atoms with Crippen molar-refractivity contribution in [3.63, 3.8) is 0 Å². The van der Waals surface area contributed by atoms with Crippen LogP contribution < -0.4 is 5.32 Å². The lowest BCUT2D eigenvalue weighted by Gasteiger charge is -2.25. The first-order valence-corrected chi connectivity index (χ1v) is 8.11. The molecular weight excluding hydrogens is 224 g/mol. The molecule has 2 saturated heterocycles. The summed E-state index contributed by atoms with van der Waals surface area (Å²) in [7, 11) is -2.74. The zero-order valence-corrected chi connectivity index (χ0v) is 10.8. The van der Waals surface area contributed by atoms with Gasteiger partial charge >= 0.3 is 0 Å². The summed E-state index contributed by atoms with van der Waals surface area (Å²) < 4.78 is 22.9. The maximum absolute atomic E-state index is 11.4. The Bertz CT molecular complexity index is 329. The summed E-state index contributed by atoms with van der Waals surface area (Å²) in [4.78, 5) is 2.37. The van der Waals surface area contributed by atoms with Crippen LogP contribution in [0.2, 0.25) is 0 Å². The van der Waals surface area contributed by atoms with Crippen LogP contribution in [0.25, 0.3) is 0 Å². The highest BCUT2D eigenvalue weighted by atomic mass is 32.2. The van der Waals surface area contributed by atoms with Crippen molar-refractivity contribution in [1.82, 2.24) is 10.2 Å². The molecule has 94 valence electrons. The van der Waals surface area contributed by atoms with Crippen molar-refractivity contribution in [2.24, 2.45) is 0 Å². The summed E-state index contributed by atoms with van der Waals surface area (Å²) in [6.07, 6.45) is 3.14. The predicted octanol–water partition coefficient (Wildman–Crippen LogP) is 0.247. The van der Waals surface area contributed by atoms with E-state index in [1.54, 1.807) is 0 Å². The fourth-order valence-corrected chi connectivity index (χ4v) is 4.49. The highest BCUT2D eigenvalue weighted by Gasteiger charge is 2.32. The Morgan fingerprint density at radius 1 is 1.31 bits per heavy atom. The normalized spacial score (nSPS) is 36.1. The van der Waals surface area contributed by atoms with Gasteiger partial charge in [0.05, 0.1) is 11.5 Å². The molecule has 2 atom stereocenters. The van der Waals surface area contributed by atoms with Gasteiger partial charge in [0.25, 0.3) is 0 Å². The van der Waals surface area contributed by atoms with Crippen LogP contribution in [0.3, 0.4) is 0 Å². The van der Waals surface area contributed by atoms with Crippen LogP contribution in [0.5, 0.6) is 0 Å². The van der Waals surface area contributed by atoms with E-state index in [1.165, 1.54) is 0 Å².